The smallest absolute Gasteiger partial charge is 0.228 e. The van der Waals surface area contributed by atoms with Crippen LogP contribution in [0, 0.1) is 5.82 Å². The van der Waals surface area contributed by atoms with Gasteiger partial charge in [-0.2, -0.15) is 0 Å². The highest BCUT2D eigenvalue weighted by molar-refractivity contribution is 6.32. The Hall–Kier alpha value is -1.91. The van der Waals surface area contributed by atoms with Crippen LogP contribution in [-0.4, -0.2) is 13.0 Å². The predicted octanol–water partition coefficient (Wildman–Crippen LogP) is 3.28. The van der Waals surface area contributed by atoms with Gasteiger partial charge in [-0.1, -0.05) is 23.7 Å². The van der Waals surface area contributed by atoms with Gasteiger partial charge in [-0.25, -0.2) is 4.39 Å². The van der Waals surface area contributed by atoms with Crippen LogP contribution in [0.2, 0.25) is 5.02 Å². The van der Waals surface area contributed by atoms with Gasteiger partial charge >= 0.3 is 0 Å². The molecule has 0 aliphatic carbocycles. The number of benzene rings is 2. The van der Waals surface area contributed by atoms with E-state index >= 15 is 0 Å². The molecule has 3 rings (SSSR count). The van der Waals surface area contributed by atoms with Crippen LogP contribution >= 0.6 is 11.6 Å². The predicted molar refractivity (Wildman–Crippen MR) is 81.1 cm³/mol. The molecule has 1 atom stereocenters. The molecule has 1 aliphatic heterocycles. The number of fused-ring (bicyclic) bond motifs is 1. The van der Waals surface area contributed by atoms with Crippen molar-refractivity contribution in [3.63, 3.8) is 0 Å². The zero-order valence-electron chi connectivity index (χ0n) is 11.4. The summed E-state index contributed by atoms with van der Waals surface area (Å²) < 4.78 is 13.4. The van der Waals surface area contributed by atoms with Gasteiger partial charge in [-0.05, 0) is 48.0 Å². The van der Waals surface area contributed by atoms with Crippen molar-refractivity contribution in [2.75, 3.05) is 12.4 Å². The monoisotopic (exact) mass is 304 g/mol. The molecule has 0 bridgehead atoms. The highest BCUT2D eigenvalue weighted by atomic mass is 35.5. The SMILES string of the molecule is CNC(c1cccc(F)c1)c1cc2c(cc1Cl)NC(=O)C2. The van der Waals surface area contributed by atoms with E-state index in [1.165, 1.54) is 12.1 Å². The third-order valence-electron chi connectivity index (χ3n) is 3.63. The number of amides is 1. The third-order valence-corrected chi connectivity index (χ3v) is 3.96. The van der Waals surface area contributed by atoms with Gasteiger partial charge in [0.25, 0.3) is 0 Å². The van der Waals surface area contributed by atoms with Gasteiger partial charge in [0.1, 0.15) is 5.82 Å². The van der Waals surface area contributed by atoms with Gasteiger partial charge in [0, 0.05) is 10.7 Å². The van der Waals surface area contributed by atoms with Crippen molar-refractivity contribution in [2.45, 2.75) is 12.5 Å². The zero-order chi connectivity index (χ0) is 15.0. The van der Waals surface area contributed by atoms with Gasteiger partial charge in [-0.3, -0.25) is 4.79 Å². The molecule has 21 heavy (non-hydrogen) atoms. The van der Waals surface area contributed by atoms with E-state index in [0.717, 1.165) is 22.4 Å². The summed E-state index contributed by atoms with van der Waals surface area (Å²) in [4.78, 5) is 11.5. The molecular weight excluding hydrogens is 291 g/mol. The average molecular weight is 305 g/mol. The number of hydrogen-bond donors (Lipinski definition) is 2. The molecule has 2 aromatic rings. The molecule has 2 N–H and O–H groups in total. The molecule has 1 unspecified atom stereocenters. The minimum Gasteiger partial charge on any atom is -0.325 e. The first-order chi connectivity index (χ1) is 10.1. The van der Waals surface area contributed by atoms with Crippen LogP contribution in [0.3, 0.4) is 0 Å². The quantitative estimate of drug-likeness (QED) is 0.913. The van der Waals surface area contributed by atoms with Crippen LogP contribution in [0.4, 0.5) is 10.1 Å². The maximum absolute atomic E-state index is 13.4. The Balaban J connectivity index is 2.06. The summed E-state index contributed by atoms with van der Waals surface area (Å²) in [6, 6.07) is 9.83. The summed E-state index contributed by atoms with van der Waals surface area (Å²) in [5.74, 6) is -0.327. The van der Waals surface area contributed by atoms with Crippen molar-refractivity contribution in [1.29, 1.82) is 0 Å². The number of anilines is 1. The van der Waals surface area contributed by atoms with Crippen molar-refractivity contribution in [2.24, 2.45) is 0 Å². The Kier molecular flexibility index (Phi) is 3.66. The second-order valence-corrected chi connectivity index (χ2v) is 5.44. The first-order valence-corrected chi connectivity index (χ1v) is 7.01. The van der Waals surface area contributed by atoms with Crippen molar-refractivity contribution in [1.82, 2.24) is 5.32 Å². The molecule has 0 saturated carbocycles. The van der Waals surface area contributed by atoms with E-state index in [0.29, 0.717) is 11.4 Å². The molecule has 1 heterocycles. The summed E-state index contributed by atoms with van der Waals surface area (Å²) in [5.41, 5.74) is 3.29. The molecule has 0 aromatic heterocycles. The molecular formula is C16H14ClFN2O. The minimum atomic E-state index is -0.290. The van der Waals surface area contributed by atoms with Crippen molar-refractivity contribution in [3.8, 4) is 0 Å². The van der Waals surface area contributed by atoms with Crippen LogP contribution in [0.15, 0.2) is 36.4 Å². The van der Waals surface area contributed by atoms with Crippen molar-refractivity contribution >= 4 is 23.2 Å². The van der Waals surface area contributed by atoms with E-state index in [1.54, 1.807) is 19.2 Å². The highest BCUT2D eigenvalue weighted by Gasteiger charge is 2.23. The fourth-order valence-electron chi connectivity index (χ4n) is 2.68. The molecule has 108 valence electrons. The lowest BCUT2D eigenvalue weighted by molar-refractivity contribution is -0.115. The summed E-state index contributed by atoms with van der Waals surface area (Å²) in [5, 5.41) is 6.46. The van der Waals surface area contributed by atoms with E-state index in [-0.39, 0.29) is 17.8 Å². The van der Waals surface area contributed by atoms with E-state index in [2.05, 4.69) is 10.6 Å². The van der Waals surface area contributed by atoms with Crippen LogP contribution in [0.25, 0.3) is 0 Å². The molecule has 0 spiro atoms. The largest absolute Gasteiger partial charge is 0.325 e. The number of carbonyl (C=O) groups is 1. The Morgan fingerprint density at radius 1 is 1.33 bits per heavy atom. The Bertz CT molecular complexity index is 717. The molecule has 0 radical (unpaired) electrons. The van der Waals surface area contributed by atoms with E-state index < -0.39 is 0 Å². The maximum Gasteiger partial charge on any atom is 0.228 e. The highest BCUT2D eigenvalue weighted by Crippen LogP contribution is 2.35. The normalized spacial score (nSPS) is 14.7. The van der Waals surface area contributed by atoms with Crippen LogP contribution < -0.4 is 10.6 Å². The summed E-state index contributed by atoms with van der Waals surface area (Å²) in [7, 11) is 1.79. The third kappa shape index (κ3) is 2.64. The maximum atomic E-state index is 13.4. The number of halogens is 2. The number of rotatable bonds is 3. The van der Waals surface area contributed by atoms with Gasteiger partial charge in [0.2, 0.25) is 5.91 Å². The molecule has 1 amide bonds. The summed E-state index contributed by atoms with van der Waals surface area (Å²) >= 11 is 6.33. The lowest BCUT2D eigenvalue weighted by Crippen LogP contribution is -2.18. The van der Waals surface area contributed by atoms with E-state index in [4.69, 9.17) is 11.6 Å². The van der Waals surface area contributed by atoms with Crippen LogP contribution in [0.1, 0.15) is 22.7 Å². The molecule has 5 heteroatoms. The van der Waals surface area contributed by atoms with Gasteiger partial charge in [0.15, 0.2) is 0 Å². The van der Waals surface area contributed by atoms with E-state index in [1.807, 2.05) is 12.1 Å². The number of nitrogens with one attached hydrogen (secondary N) is 2. The second-order valence-electron chi connectivity index (χ2n) is 5.03. The number of carbonyl (C=O) groups excluding carboxylic acids is 1. The summed E-state index contributed by atoms with van der Waals surface area (Å²) in [6.07, 6.45) is 0.346. The lowest BCUT2D eigenvalue weighted by Gasteiger charge is -2.19. The topological polar surface area (TPSA) is 41.1 Å². The Labute approximate surface area is 127 Å². The zero-order valence-corrected chi connectivity index (χ0v) is 12.2. The van der Waals surface area contributed by atoms with Crippen LogP contribution in [-0.2, 0) is 11.2 Å². The van der Waals surface area contributed by atoms with Gasteiger partial charge < -0.3 is 10.6 Å². The number of hydrogen-bond acceptors (Lipinski definition) is 2. The van der Waals surface area contributed by atoms with Gasteiger partial charge in [-0.15, -0.1) is 0 Å². The minimum absolute atomic E-state index is 0.0371. The molecule has 0 saturated heterocycles. The van der Waals surface area contributed by atoms with Crippen molar-refractivity contribution < 1.29 is 9.18 Å². The second kappa shape index (κ2) is 5.47. The molecule has 1 aliphatic rings. The Morgan fingerprint density at radius 3 is 2.86 bits per heavy atom. The fraction of sp³-hybridized carbons (Fsp3) is 0.188. The molecule has 2 aromatic carbocycles. The molecule has 0 fully saturated rings. The standard InChI is InChI=1S/C16H14ClFN2O/c1-19-16(9-3-2-4-11(18)5-9)12-6-10-7-15(21)20-14(10)8-13(12)17/h2-6,8,16,19H,7H2,1H3,(H,20,21). The fourth-order valence-corrected chi connectivity index (χ4v) is 2.95. The average Bonchev–Trinajstić information content (AvgIpc) is 2.79. The first-order valence-electron chi connectivity index (χ1n) is 6.63. The lowest BCUT2D eigenvalue weighted by atomic mass is 9.96. The Morgan fingerprint density at radius 2 is 2.14 bits per heavy atom. The van der Waals surface area contributed by atoms with E-state index in [9.17, 15) is 9.18 Å². The molecule has 3 nitrogen and oxygen atoms in total. The van der Waals surface area contributed by atoms with Crippen molar-refractivity contribution in [3.05, 3.63) is 63.9 Å². The van der Waals surface area contributed by atoms with Crippen LogP contribution in [0.5, 0.6) is 0 Å². The summed E-state index contributed by atoms with van der Waals surface area (Å²) in [6.45, 7) is 0. The first kappa shape index (κ1) is 14.0. The van der Waals surface area contributed by atoms with Gasteiger partial charge in [0.05, 0.1) is 12.5 Å².